The summed E-state index contributed by atoms with van der Waals surface area (Å²) in [5.41, 5.74) is 6.50. The van der Waals surface area contributed by atoms with Gasteiger partial charge < -0.3 is 15.9 Å². The van der Waals surface area contributed by atoms with E-state index in [2.05, 4.69) is 27.6 Å². The first-order valence-electron chi connectivity index (χ1n) is 5.18. The number of halogens is 2. The molecule has 96 valence electrons. The molecule has 0 spiro atoms. The third-order valence-electron chi connectivity index (χ3n) is 2.83. The van der Waals surface area contributed by atoms with E-state index in [4.69, 9.17) is 17.3 Å². The van der Waals surface area contributed by atoms with Crippen LogP contribution in [0.15, 0.2) is 6.07 Å². The molecule has 0 aliphatic carbocycles. The summed E-state index contributed by atoms with van der Waals surface area (Å²) in [5.74, 6) is -0.0453. The molecule has 1 rings (SSSR count). The normalized spacial score (nSPS) is 13.8. The van der Waals surface area contributed by atoms with E-state index in [9.17, 15) is 10.2 Å². The van der Waals surface area contributed by atoms with E-state index in [1.165, 1.54) is 0 Å². The molecule has 0 radical (unpaired) electrons. The zero-order valence-corrected chi connectivity index (χ0v) is 12.7. The van der Waals surface area contributed by atoms with Gasteiger partial charge in [-0.2, -0.15) is 0 Å². The van der Waals surface area contributed by atoms with E-state index in [1.807, 2.05) is 13.8 Å². The van der Waals surface area contributed by atoms with E-state index in [0.29, 0.717) is 6.42 Å². The van der Waals surface area contributed by atoms with Crippen molar-refractivity contribution in [1.82, 2.24) is 4.98 Å². The predicted molar refractivity (Wildman–Crippen MR) is 76.2 cm³/mol. The van der Waals surface area contributed by atoms with Gasteiger partial charge in [-0.25, -0.2) is 4.98 Å². The van der Waals surface area contributed by atoms with Gasteiger partial charge in [0.15, 0.2) is 10.9 Å². The molecule has 0 amide bonds. The Balaban J connectivity index is 2.93. The molecule has 1 aromatic rings. The molecule has 1 heterocycles. The van der Waals surface area contributed by atoms with Crippen LogP contribution in [0.3, 0.4) is 0 Å². The molecule has 0 saturated heterocycles. The van der Waals surface area contributed by atoms with Gasteiger partial charge in [-0.3, -0.25) is 0 Å². The lowest BCUT2D eigenvalue weighted by Crippen LogP contribution is -2.41. The van der Waals surface area contributed by atoms with Crippen LogP contribution in [0, 0.1) is 9.12 Å². The Bertz CT molecular complexity index is 413. The number of aromatic hydroxyl groups is 1. The zero-order valence-electron chi connectivity index (χ0n) is 9.74. The van der Waals surface area contributed by atoms with Crippen molar-refractivity contribution in [3.8, 4) is 5.75 Å². The lowest BCUT2D eigenvalue weighted by Gasteiger charge is -2.29. The van der Waals surface area contributed by atoms with Crippen LogP contribution < -0.4 is 5.73 Å². The molecule has 17 heavy (non-hydrogen) atoms. The molecule has 0 saturated carbocycles. The van der Waals surface area contributed by atoms with Crippen LogP contribution in [-0.2, 0) is 6.42 Å². The van der Waals surface area contributed by atoms with Gasteiger partial charge in [0.25, 0.3) is 0 Å². The maximum absolute atomic E-state index is 9.51. The molecule has 4 N–H and O–H groups in total. The Morgan fingerprint density at radius 1 is 1.59 bits per heavy atom. The monoisotopic (exact) mass is 370 g/mol. The summed E-state index contributed by atoms with van der Waals surface area (Å²) in [6, 6.07) is 1.35. The van der Waals surface area contributed by atoms with Crippen LogP contribution in [-0.4, -0.2) is 27.8 Å². The number of aliphatic hydroxyl groups excluding tert-OH is 1. The van der Waals surface area contributed by atoms with Crippen molar-refractivity contribution in [2.75, 3.05) is 6.61 Å². The molecule has 0 aromatic carbocycles. The van der Waals surface area contributed by atoms with Gasteiger partial charge in [-0.15, -0.1) is 0 Å². The summed E-state index contributed by atoms with van der Waals surface area (Å²) in [5, 5.41) is 18.8. The van der Waals surface area contributed by atoms with E-state index in [1.54, 1.807) is 6.07 Å². The molecule has 6 heteroatoms. The second kappa shape index (κ2) is 5.69. The van der Waals surface area contributed by atoms with E-state index in [0.717, 1.165) is 9.26 Å². The number of hydrogen-bond acceptors (Lipinski definition) is 4. The molecule has 0 aliphatic heterocycles. The topological polar surface area (TPSA) is 79.4 Å². The van der Waals surface area contributed by atoms with Gasteiger partial charge in [0.2, 0.25) is 0 Å². The highest BCUT2D eigenvalue weighted by atomic mass is 127. The molecule has 0 bridgehead atoms. The number of nitrogens with two attached hydrogens (primary N) is 1. The summed E-state index contributed by atoms with van der Waals surface area (Å²) < 4.78 is 0.717. The molecule has 1 atom stereocenters. The van der Waals surface area contributed by atoms with Crippen molar-refractivity contribution in [2.24, 2.45) is 11.1 Å². The third-order valence-corrected chi connectivity index (χ3v) is 4.05. The van der Waals surface area contributed by atoms with Crippen LogP contribution in [0.25, 0.3) is 0 Å². The van der Waals surface area contributed by atoms with Crippen LogP contribution in [0.2, 0.25) is 5.15 Å². The number of aromatic nitrogens is 1. The number of rotatable bonds is 4. The van der Waals surface area contributed by atoms with Gasteiger partial charge >= 0.3 is 0 Å². The highest BCUT2D eigenvalue weighted by Gasteiger charge is 2.26. The average Bonchev–Trinajstić information content (AvgIpc) is 2.25. The minimum atomic E-state index is -0.377. The maximum atomic E-state index is 9.51. The number of aliphatic hydroxyl groups is 1. The number of pyridine rings is 1. The van der Waals surface area contributed by atoms with Gasteiger partial charge in [0.05, 0.1) is 0 Å². The Morgan fingerprint density at radius 2 is 2.18 bits per heavy atom. The van der Waals surface area contributed by atoms with Crippen molar-refractivity contribution in [2.45, 2.75) is 26.3 Å². The first-order valence-corrected chi connectivity index (χ1v) is 6.64. The highest BCUT2D eigenvalue weighted by molar-refractivity contribution is 14.1. The summed E-state index contributed by atoms with van der Waals surface area (Å²) in [6.45, 7) is 3.80. The second-order valence-electron chi connectivity index (χ2n) is 4.71. The van der Waals surface area contributed by atoms with Crippen molar-refractivity contribution < 1.29 is 10.2 Å². The van der Waals surface area contributed by atoms with Gasteiger partial charge in [0.1, 0.15) is 3.70 Å². The molecular formula is C11H16ClIN2O2. The summed E-state index contributed by atoms with van der Waals surface area (Å²) >= 11 is 7.75. The van der Waals surface area contributed by atoms with Crippen molar-refractivity contribution >= 4 is 34.2 Å². The second-order valence-corrected chi connectivity index (χ2v) is 6.09. The first-order chi connectivity index (χ1) is 7.77. The molecule has 4 nitrogen and oxygen atoms in total. The lowest BCUT2D eigenvalue weighted by atomic mass is 9.83. The number of nitrogens with zero attached hydrogens (tertiary/aromatic N) is 1. The highest BCUT2D eigenvalue weighted by Crippen LogP contribution is 2.28. The smallest absolute Gasteiger partial charge is 0.171 e. The van der Waals surface area contributed by atoms with Crippen molar-refractivity contribution in [3.05, 3.63) is 20.5 Å². The summed E-state index contributed by atoms with van der Waals surface area (Å²) in [4.78, 5) is 4.02. The Kier molecular flexibility index (Phi) is 5.00. The zero-order chi connectivity index (χ0) is 13.2. The van der Waals surface area contributed by atoms with Crippen LogP contribution in [0.4, 0.5) is 0 Å². The Morgan fingerprint density at radius 3 is 2.71 bits per heavy atom. The first kappa shape index (κ1) is 14.9. The molecular weight excluding hydrogens is 354 g/mol. The maximum Gasteiger partial charge on any atom is 0.171 e. The Hall–Kier alpha value is -0.110. The third kappa shape index (κ3) is 3.67. The largest absolute Gasteiger partial charge is 0.505 e. The number of hydrogen-bond donors (Lipinski definition) is 3. The molecule has 0 fully saturated rings. The van der Waals surface area contributed by atoms with Gasteiger partial charge in [-0.1, -0.05) is 25.4 Å². The van der Waals surface area contributed by atoms with E-state index < -0.39 is 0 Å². The predicted octanol–water partition coefficient (Wildman–Crippen LogP) is 1.93. The fourth-order valence-electron chi connectivity index (χ4n) is 1.27. The minimum Gasteiger partial charge on any atom is -0.505 e. The SMILES string of the molecule is CC(C)(CO)C(N)Cc1cc(O)c(Cl)nc1I. The molecule has 1 unspecified atom stereocenters. The minimum absolute atomic E-state index is 0.0117. The quantitative estimate of drug-likeness (QED) is 0.559. The fourth-order valence-corrected chi connectivity index (χ4v) is 2.17. The summed E-state index contributed by atoms with van der Waals surface area (Å²) in [6.07, 6.45) is 0.531. The van der Waals surface area contributed by atoms with Crippen LogP contribution in [0.1, 0.15) is 19.4 Å². The molecule has 1 aromatic heterocycles. The van der Waals surface area contributed by atoms with Gasteiger partial charge in [0, 0.05) is 18.1 Å². The average molecular weight is 371 g/mol. The van der Waals surface area contributed by atoms with Crippen LogP contribution >= 0.6 is 34.2 Å². The Labute approximate surface area is 119 Å². The fraction of sp³-hybridized carbons (Fsp3) is 0.545. The van der Waals surface area contributed by atoms with E-state index in [-0.39, 0.29) is 29.0 Å². The standard InChI is InChI=1S/C11H16ClIN2O2/c1-11(2,5-16)8(14)4-6-3-7(17)9(12)15-10(6)13/h3,8,16-17H,4-5,14H2,1-2H3. The van der Waals surface area contributed by atoms with E-state index >= 15 is 0 Å². The summed E-state index contributed by atoms with van der Waals surface area (Å²) in [7, 11) is 0. The van der Waals surface area contributed by atoms with Crippen LogP contribution in [0.5, 0.6) is 5.75 Å². The van der Waals surface area contributed by atoms with Gasteiger partial charge in [-0.05, 0) is 40.6 Å². The van der Waals surface area contributed by atoms with Crippen molar-refractivity contribution in [1.29, 1.82) is 0 Å². The lowest BCUT2D eigenvalue weighted by molar-refractivity contribution is 0.131. The molecule has 0 aliphatic rings. The van der Waals surface area contributed by atoms with Crippen molar-refractivity contribution in [3.63, 3.8) is 0 Å².